The Kier molecular flexibility index (Phi) is 5.27. The zero-order valence-electron chi connectivity index (χ0n) is 13.3. The van der Waals surface area contributed by atoms with Crippen molar-refractivity contribution in [3.8, 4) is 0 Å². The lowest BCUT2D eigenvalue weighted by atomic mass is 10.00. The van der Waals surface area contributed by atoms with Crippen molar-refractivity contribution in [1.82, 2.24) is 10.3 Å². The second-order valence-electron chi connectivity index (χ2n) is 6.37. The molecule has 5 nitrogen and oxygen atoms in total. The first-order valence-electron chi connectivity index (χ1n) is 8.23. The lowest BCUT2D eigenvalue weighted by Crippen LogP contribution is -2.53. The minimum Gasteiger partial charge on any atom is -0.389 e. The summed E-state index contributed by atoms with van der Waals surface area (Å²) in [5.41, 5.74) is -0.726. The van der Waals surface area contributed by atoms with E-state index in [0.717, 1.165) is 44.6 Å². The molecule has 24 heavy (non-hydrogen) atoms. The molecule has 1 aromatic heterocycles. The van der Waals surface area contributed by atoms with Crippen LogP contribution in [0.5, 0.6) is 0 Å². The summed E-state index contributed by atoms with van der Waals surface area (Å²) in [7, 11) is 0. The Morgan fingerprint density at radius 1 is 1.21 bits per heavy atom. The van der Waals surface area contributed by atoms with Crippen LogP contribution in [0.2, 0.25) is 0 Å². The number of anilines is 1. The minimum absolute atomic E-state index is 0.0551. The van der Waals surface area contributed by atoms with Crippen LogP contribution in [0.15, 0.2) is 18.3 Å². The first-order valence-corrected chi connectivity index (χ1v) is 8.23. The summed E-state index contributed by atoms with van der Waals surface area (Å²) < 4.78 is 43.0. The molecule has 0 aliphatic carbocycles. The third-order valence-electron chi connectivity index (χ3n) is 4.67. The normalized spacial score (nSPS) is 26.6. The Morgan fingerprint density at radius 2 is 1.96 bits per heavy atom. The topological polar surface area (TPSA) is 57.6 Å². The first-order chi connectivity index (χ1) is 11.4. The van der Waals surface area contributed by atoms with Crippen LogP contribution in [0.25, 0.3) is 0 Å². The van der Waals surface area contributed by atoms with Gasteiger partial charge in [-0.2, -0.15) is 13.2 Å². The number of pyridine rings is 1. The van der Waals surface area contributed by atoms with Crippen LogP contribution < -0.4 is 10.2 Å². The van der Waals surface area contributed by atoms with E-state index < -0.39 is 17.8 Å². The molecule has 0 spiro atoms. The predicted octanol–water partition coefficient (Wildman–Crippen LogP) is 1.81. The molecule has 0 bridgehead atoms. The molecule has 8 heteroatoms. The Hall–Kier alpha value is -1.38. The van der Waals surface area contributed by atoms with Crippen molar-refractivity contribution in [2.75, 3.05) is 31.2 Å². The molecule has 0 radical (unpaired) electrons. The number of alkyl halides is 3. The van der Waals surface area contributed by atoms with Crippen molar-refractivity contribution in [2.24, 2.45) is 0 Å². The van der Waals surface area contributed by atoms with Crippen LogP contribution in [-0.2, 0) is 10.9 Å². The van der Waals surface area contributed by atoms with Gasteiger partial charge in [0, 0.05) is 38.0 Å². The van der Waals surface area contributed by atoms with E-state index in [4.69, 9.17) is 4.74 Å². The molecule has 2 N–H and O–H groups in total. The largest absolute Gasteiger partial charge is 0.417 e. The quantitative estimate of drug-likeness (QED) is 0.875. The molecule has 2 unspecified atom stereocenters. The van der Waals surface area contributed by atoms with Gasteiger partial charge in [-0.05, 0) is 31.4 Å². The number of halogens is 3. The molecule has 2 aliphatic heterocycles. The molecule has 2 aliphatic rings. The van der Waals surface area contributed by atoms with Gasteiger partial charge in [-0.3, -0.25) is 0 Å². The molecular formula is C16H22F3N3O2. The number of hydrogen-bond acceptors (Lipinski definition) is 5. The van der Waals surface area contributed by atoms with Crippen molar-refractivity contribution >= 4 is 5.82 Å². The molecule has 3 rings (SSSR count). The maximum atomic E-state index is 12.6. The highest BCUT2D eigenvalue weighted by Crippen LogP contribution is 2.29. The van der Waals surface area contributed by atoms with Crippen molar-refractivity contribution in [3.63, 3.8) is 0 Å². The highest BCUT2D eigenvalue weighted by atomic mass is 19.4. The lowest BCUT2D eigenvalue weighted by molar-refractivity contribution is -0.137. The van der Waals surface area contributed by atoms with Crippen LogP contribution in [0.4, 0.5) is 19.0 Å². The summed E-state index contributed by atoms with van der Waals surface area (Å²) in [6.45, 7) is 2.49. The molecule has 0 aromatic carbocycles. The smallest absolute Gasteiger partial charge is 0.389 e. The maximum Gasteiger partial charge on any atom is 0.417 e. The minimum atomic E-state index is -4.35. The van der Waals surface area contributed by atoms with E-state index in [1.54, 1.807) is 0 Å². The average Bonchev–Trinajstić information content (AvgIpc) is 2.57. The average molecular weight is 345 g/mol. The summed E-state index contributed by atoms with van der Waals surface area (Å²) in [6, 6.07) is 2.86. The molecular weight excluding hydrogens is 323 g/mol. The SMILES string of the molecule is OC1COCCC1NC1CCN(c2ccc(C(F)(F)F)cn2)CC1. The molecule has 0 amide bonds. The molecule has 0 saturated carbocycles. The van der Waals surface area contributed by atoms with Gasteiger partial charge in [-0.1, -0.05) is 0 Å². The predicted molar refractivity (Wildman–Crippen MR) is 82.8 cm³/mol. The molecule has 134 valence electrons. The number of aromatic nitrogens is 1. The van der Waals surface area contributed by atoms with Crippen molar-refractivity contribution in [1.29, 1.82) is 0 Å². The fraction of sp³-hybridized carbons (Fsp3) is 0.688. The third-order valence-corrected chi connectivity index (χ3v) is 4.67. The van der Waals surface area contributed by atoms with E-state index in [2.05, 4.69) is 10.3 Å². The Bertz CT molecular complexity index is 530. The summed E-state index contributed by atoms with van der Waals surface area (Å²) in [6.07, 6.45) is -1.42. The molecule has 1 aromatic rings. The maximum absolute atomic E-state index is 12.6. The number of piperidine rings is 1. The van der Waals surface area contributed by atoms with E-state index in [0.29, 0.717) is 25.1 Å². The monoisotopic (exact) mass is 345 g/mol. The molecule has 2 fully saturated rings. The van der Waals surface area contributed by atoms with Crippen LogP contribution in [-0.4, -0.2) is 54.6 Å². The number of rotatable bonds is 3. The summed E-state index contributed by atoms with van der Waals surface area (Å²) in [5, 5.41) is 13.4. The van der Waals surface area contributed by atoms with Crippen LogP contribution in [0.3, 0.4) is 0 Å². The van der Waals surface area contributed by atoms with Gasteiger partial charge in [0.2, 0.25) is 0 Å². The van der Waals surface area contributed by atoms with Crippen LogP contribution in [0.1, 0.15) is 24.8 Å². The van der Waals surface area contributed by atoms with Gasteiger partial charge >= 0.3 is 6.18 Å². The van der Waals surface area contributed by atoms with Crippen molar-refractivity contribution in [2.45, 2.75) is 43.6 Å². The number of nitrogens with zero attached hydrogens (tertiary/aromatic N) is 2. The molecule has 3 heterocycles. The van der Waals surface area contributed by atoms with Crippen molar-refractivity contribution in [3.05, 3.63) is 23.9 Å². The Morgan fingerprint density at radius 3 is 2.54 bits per heavy atom. The first kappa shape index (κ1) is 17.4. The van der Waals surface area contributed by atoms with Crippen molar-refractivity contribution < 1.29 is 23.0 Å². The van der Waals surface area contributed by atoms with Gasteiger partial charge in [0.25, 0.3) is 0 Å². The number of ether oxygens (including phenoxy) is 1. The fourth-order valence-electron chi connectivity index (χ4n) is 3.24. The van der Waals surface area contributed by atoms with Gasteiger partial charge in [0.05, 0.1) is 18.3 Å². The molecule has 2 saturated heterocycles. The summed E-state index contributed by atoms with van der Waals surface area (Å²) in [5.74, 6) is 0.576. The van der Waals surface area contributed by atoms with Gasteiger partial charge in [0.15, 0.2) is 0 Å². The van der Waals surface area contributed by atoms with E-state index in [-0.39, 0.29) is 6.04 Å². The van der Waals surface area contributed by atoms with Crippen LogP contribution in [0, 0.1) is 0 Å². The van der Waals surface area contributed by atoms with E-state index in [9.17, 15) is 18.3 Å². The van der Waals surface area contributed by atoms with E-state index in [1.807, 2.05) is 4.90 Å². The van der Waals surface area contributed by atoms with Gasteiger partial charge in [-0.15, -0.1) is 0 Å². The van der Waals surface area contributed by atoms with Gasteiger partial charge in [-0.25, -0.2) is 4.98 Å². The summed E-state index contributed by atoms with van der Waals surface area (Å²) in [4.78, 5) is 5.95. The lowest BCUT2D eigenvalue weighted by Gasteiger charge is -2.37. The third kappa shape index (κ3) is 4.17. The number of aliphatic hydroxyl groups excluding tert-OH is 1. The number of hydrogen-bond donors (Lipinski definition) is 2. The van der Waals surface area contributed by atoms with Gasteiger partial charge in [0.1, 0.15) is 5.82 Å². The Labute approximate surface area is 138 Å². The highest BCUT2D eigenvalue weighted by molar-refractivity contribution is 5.40. The molecule has 2 atom stereocenters. The zero-order valence-corrected chi connectivity index (χ0v) is 13.3. The Balaban J connectivity index is 1.51. The second-order valence-corrected chi connectivity index (χ2v) is 6.37. The zero-order chi connectivity index (χ0) is 17.2. The highest BCUT2D eigenvalue weighted by Gasteiger charge is 2.31. The number of nitrogens with one attached hydrogen (secondary N) is 1. The van der Waals surface area contributed by atoms with E-state index in [1.165, 1.54) is 6.07 Å². The van der Waals surface area contributed by atoms with Crippen LogP contribution >= 0.6 is 0 Å². The fourth-order valence-corrected chi connectivity index (χ4v) is 3.24. The van der Waals surface area contributed by atoms with E-state index >= 15 is 0 Å². The second kappa shape index (κ2) is 7.25. The number of aliphatic hydroxyl groups is 1. The standard InChI is InChI=1S/C16H22F3N3O2/c17-16(18,19)11-1-2-15(20-9-11)22-6-3-12(4-7-22)21-13-5-8-24-10-14(13)23/h1-2,9,12-14,21,23H,3-8,10H2. The van der Waals surface area contributed by atoms with Gasteiger partial charge < -0.3 is 20.1 Å². The summed E-state index contributed by atoms with van der Waals surface area (Å²) >= 11 is 0.